The number of carboxylic acid groups (broad SMARTS) is 1. The van der Waals surface area contributed by atoms with Gasteiger partial charge >= 0.3 is 5.97 Å². The highest BCUT2D eigenvalue weighted by atomic mass is 32.2. The van der Waals surface area contributed by atoms with Gasteiger partial charge in [-0.15, -0.1) is 0 Å². The molecule has 0 amide bonds. The first-order chi connectivity index (χ1) is 9.56. The molecule has 0 aliphatic heterocycles. The molecule has 1 N–H and O–H groups in total. The number of aromatic carboxylic acids is 1. The zero-order valence-corrected chi connectivity index (χ0v) is 11.9. The molecule has 0 saturated carbocycles. The van der Waals surface area contributed by atoms with Gasteiger partial charge in [-0.1, -0.05) is 35.9 Å². The molecular formula is C16H15FO2S. The Hall–Kier alpha value is -1.81. The second kappa shape index (κ2) is 6.57. The number of hydrogen-bond acceptors (Lipinski definition) is 2. The topological polar surface area (TPSA) is 37.3 Å². The van der Waals surface area contributed by atoms with E-state index in [-0.39, 0.29) is 5.56 Å². The molecule has 0 fully saturated rings. The Morgan fingerprint density at radius 2 is 1.85 bits per heavy atom. The first-order valence-electron chi connectivity index (χ1n) is 6.21. The molecule has 0 heterocycles. The fraction of sp³-hybridized carbons (Fsp3) is 0.188. The molecule has 4 heteroatoms. The van der Waals surface area contributed by atoms with Crippen molar-refractivity contribution >= 4 is 17.7 Å². The number of carboxylic acids is 1. The summed E-state index contributed by atoms with van der Waals surface area (Å²) in [4.78, 5) is 10.9. The van der Waals surface area contributed by atoms with Crippen LogP contribution in [0.4, 0.5) is 4.39 Å². The van der Waals surface area contributed by atoms with E-state index in [4.69, 9.17) is 5.11 Å². The monoisotopic (exact) mass is 290 g/mol. The van der Waals surface area contributed by atoms with Crippen molar-refractivity contribution in [3.8, 4) is 0 Å². The minimum atomic E-state index is -1.23. The van der Waals surface area contributed by atoms with Crippen molar-refractivity contribution in [2.75, 3.05) is 0 Å². The molecule has 2 aromatic rings. The van der Waals surface area contributed by atoms with Gasteiger partial charge in [-0.3, -0.25) is 0 Å². The minimum absolute atomic E-state index is 0.265. The molecule has 0 spiro atoms. The van der Waals surface area contributed by atoms with Crippen molar-refractivity contribution in [2.45, 2.75) is 18.4 Å². The van der Waals surface area contributed by atoms with Crippen LogP contribution in [-0.2, 0) is 11.5 Å². The average molecular weight is 290 g/mol. The molecule has 0 atom stereocenters. The third-order valence-corrected chi connectivity index (χ3v) is 3.96. The first kappa shape index (κ1) is 14.6. The number of hydrogen-bond donors (Lipinski definition) is 1. The Kier molecular flexibility index (Phi) is 4.79. The van der Waals surface area contributed by atoms with E-state index in [1.165, 1.54) is 23.3 Å². The van der Waals surface area contributed by atoms with Gasteiger partial charge in [-0.25, -0.2) is 9.18 Å². The highest BCUT2D eigenvalue weighted by Crippen LogP contribution is 2.20. The quantitative estimate of drug-likeness (QED) is 0.893. The maximum Gasteiger partial charge on any atom is 0.338 e. The summed E-state index contributed by atoms with van der Waals surface area (Å²) in [6, 6.07) is 12.5. The van der Waals surface area contributed by atoms with E-state index >= 15 is 0 Å². The van der Waals surface area contributed by atoms with Crippen LogP contribution in [0.3, 0.4) is 0 Å². The van der Waals surface area contributed by atoms with Crippen LogP contribution in [0.2, 0.25) is 0 Å². The Morgan fingerprint density at radius 3 is 2.50 bits per heavy atom. The number of benzene rings is 2. The summed E-state index contributed by atoms with van der Waals surface area (Å²) in [5.74, 6) is -0.409. The first-order valence-corrected chi connectivity index (χ1v) is 7.37. The van der Waals surface area contributed by atoms with E-state index in [2.05, 4.69) is 12.1 Å². The van der Waals surface area contributed by atoms with E-state index < -0.39 is 11.8 Å². The summed E-state index contributed by atoms with van der Waals surface area (Å²) in [5, 5.41) is 8.88. The molecule has 0 saturated heterocycles. The number of rotatable bonds is 5. The van der Waals surface area contributed by atoms with Crippen LogP contribution in [0.5, 0.6) is 0 Å². The van der Waals surface area contributed by atoms with Gasteiger partial charge in [-0.2, -0.15) is 11.8 Å². The smallest absolute Gasteiger partial charge is 0.338 e. The summed E-state index contributed by atoms with van der Waals surface area (Å²) in [6.45, 7) is 2.05. The lowest BCUT2D eigenvalue weighted by molar-refractivity contribution is 0.0692. The third kappa shape index (κ3) is 3.84. The molecule has 0 aromatic heterocycles. The lowest BCUT2D eigenvalue weighted by Gasteiger charge is -2.05. The van der Waals surface area contributed by atoms with Crippen molar-refractivity contribution in [3.63, 3.8) is 0 Å². The zero-order chi connectivity index (χ0) is 14.5. The molecule has 20 heavy (non-hydrogen) atoms. The predicted octanol–water partition coefficient (Wildman–Crippen LogP) is 4.27. The fourth-order valence-corrected chi connectivity index (χ4v) is 2.85. The number of carbonyl (C=O) groups is 1. The van der Waals surface area contributed by atoms with E-state index in [0.29, 0.717) is 5.75 Å². The van der Waals surface area contributed by atoms with Crippen molar-refractivity contribution < 1.29 is 14.3 Å². The van der Waals surface area contributed by atoms with Crippen LogP contribution < -0.4 is 0 Å². The van der Waals surface area contributed by atoms with E-state index in [9.17, 15) is 9.18 Å². The SMILES string of the molecule is Cc1cccc(CSCc2ccc(F)c(C(=O)O)c2)c1. The van der Waals surface area contributed by atoms with Crippen molar-refractivity contribution in [2.24, 2.45) is 0 Å². The van der Waals surface area contributed by atoms with Gasteiger partial charge in [0.2, 0.25) is 0 Å². The molecule has 0 bridgehead atoms. The average Bonchev–Trinajstić information content (AvgIpc) is 2.40. The molecule has 2 nitrogen and oxygen atoms in total. The van der Waals surface area contributed by atoms with E-state index in [0.717, 1.165) is 11.3 Å². The van der Waals surface area contributed by atoms with Crippen LogP contribution in [0.15, 0.2) is 42.5 Å². The number of halogens is 1. The Labute approximate surface area is 121 Å². The zero-order valence-electron chi connectivity index (χ0n) is 11.1. The van der Waals surface area contributed by atoms with Crippen LogP contribution in [0.1, 0.15) is 27.0 Å². The molecule has 0 aliphatic rings. The molecular weight excluding hydrogens is 275 g/mol. The minimum Gasteiger partial charge on any atom is -0.478 e. The summed E-state index contributed by atoms with van der Waals surface area (Å²) < 4.78 is 13.3. The highest BCUT2D eigenvalue weighted by molar-refractivity contribution is 7.97. The lowest BCUT2D eigenvalue weighted by atomic mass is 10.1. The predicted molar refractivity (Wildman–Crippen MR) is 79.5 cm³/mol. The highest BCUT2D eigenvalue weighted by Gasteiger charge is 2.10. The van der Waals surface area contributed by atoms with Gasteiger partial charge in [0.25, 0.3) is 0 Å². The molecule has 2 rings (SSSR count). The standard InChI is InChI=1S/C16H15FO2S/c1-11-3-2-4-12(7-11)9-20-10-13-5-6-15(17)14(8-13)16(18)19/h2-8H,9-10H2,1H3,(H,18,19). The Bertz CT molecular complexity index is 626. The third-order valence-electron chi connectivity index (χ3n) is 2.88. The van der Waals surface area contributed by atoms with Gasteiger partial charge < -0.3 is 5.11 Å². The van der Waals surface area contributed by atoms with Gasteiger partial charge in [0.15, 0.2) is 0 Å². The van der Waals surface area contributed by atoms with E-state index in [1.807, 2.05) is 19.1 Å². The largest absolute Gasteiger partial charge is 0.478 e. The Morgan fingerprint density at radius 1 is 1.15 bits per heavy atom. The molecule has 0 aliphatic carbocycles. The Balaban J connectivity index is 1.97. The van der Waals surface area contributed by atoms with Crippen molar-refractivity contribution in [1.29, 1.82) is 0 Å². The van der Waals surface area contributed by atoms with Gasteiger partial charge in [0.1, 0.15) is 5.82 Å². The normalized spacial score (nSPS) is 10.5. The summed E-state index contributed by atoms with van der Waals surface area (Å²) in [7, 11) is 0. The second-order valence-corrected chi connectivity index (χ2v) is 5.59. The fourth-order valence-electron chi connectivity index (χ4n) is 1.91. The maximum absolute atomic E-state index is 13.3. The summed E-state index contributed by atoms with van der Waals surface area (Å²) in [5.41, 5.74) is 3.01. The van der Waals surface area contributed by atoms with Gasteiger partial charge in [0, 0.05) is 11.5 Å². The second-order valence-electron chi connectivity index (χ2n) is 4.60. The summed E-state index contributed by atoms with van der Waals surface area (Å²) in [6.07, 6.45) is 0. The van der Waals surface area contributed by atoms with Gasteiger partial charge in [0.05, 0.1) is 5.56 Å². The number of aryl methyl sites for hydroxylation is 1. The van der Waals surface area contributed by atoms with E-state index in [1.54, 1.807) is 17.8 Å². The summed E-state index contributed by atoms with van der Waals surface area (Å²) >= 11 is 1.68. The van der Waals surface area contributed by atoms with Crippen LogP contribution in [0.25, 0.3) is 0 Å². The number of thioether (sulfide) groups is 1. The maximum atomic E-state index is 13.3. The molecule has 0 unspecified atom stereocenters. The molecule has 104 valence electrons. The van der Waals surface area contributed by atoms with Crippen LogP contribution in [0, 0.1) is 12.7 Å². The molecule has 0 radical (unpaired) electrons. The lowest BCUT2D eigenvalue weighted by Crippen LogP contribution is -2.01. The molecule has 2 aromatic carbocycles. The van der Waals surface area contributed by atoms with Crippen molar-refractivity contribution in [3.05, 3.63) is 70.5 Å². The van der Waals surface area contributed by atoms with Crippen molar-refractivity contribution in [1.82, 2.24) is 0 Å². The van der Waals surface area contributed by atoms with Crippen LogP contribution in [-0.4, -0.2) is 11.1 Å². The van der Waals surface area contributed by atoms with Crippen LogP contribution >= 0.6 is 11.8 Å². The van der Waals surface area contributed by atoms with Gasteiger partial charge in [-0.05, 0) is 30.2 Å².